The highest BCUT2D eigenvalue weighted by Crippen LogP contribution is 2.11. The molecule has 0 aliphatic carbocycles. The van der Waals surface area contributed by atoms with E-state index in [1.165, 1.54) is 4.31 Å². The molecule has 0 atom stereocenters. The first kappa shape index (κ1) is 16.6. The second-order valence-electron chi connectivity index (χ2n) is 4.25. The molecule has 0 spiro atoms. The molecule has 0 amide bonds. The van der Waals surface area contributed by atoms with Crippen LogP contribution >= 0.6 is 0 Å². The van der Waals surface area contributed by atoms with Crippen LogP contribution in [0.25, 0.3) is 0 Å². The summed E-state index contributed by atoms with van der Waals surface area (Å²) in [5.74, 6) is -0.0569. The van der Waals surface area contributed by atoms with Gasteiger partial charge in [-0.25, -0.2) is 8.42 Å². The van der Waals surface area contributed by atoms with Crippen molar-refractivity contribution in [2.24, 2.45) is 0 Å². The van der Waals surface area contributed by atoms with Gasteiger partial charge < -0.3 is 4.74 Å². The maximum absolute atomic E-state index is 12.3. The van der Waals surface area contributed by atoms with E-state index in [1.807, 2.05) is 19.9 Å². The summed E-state index contributed by atoms with van der Waals surface area (Å²) in [6, 6.07) is 8.61. The molecule has 110 valence electrons. The molecular weight excluding hydrogens is 276 g/mol. The minimum absolute atomic E-state index is 0.0569. The summed E-state index contributed by atoms with van der Waals surface area (Å²) in [5, 5.41) is 8.72. The summed E-state index contributed by atoms with van der Waals surface area (Å²) in [5.41, 5.74) is 1.20. The zero-order valence-corrected chi connectivity index (χ0v) is 12.7. The van der Waals surface area contributed by atoms with Crippen molar-refractivity contribution >= 4 is 10.0 Å². The zero-order chi connectivity index (χ0) is 15.0. The summed E-state index contributed by atoms with van der Waals surface area (Å²) >= 11 is 0. The highest BCUT2D eigenvalue weighted by molar-refractivity contribution is 7.88. The Morgan fingerprint density at radius 3 is 2.40 bits per heavy atom. The van der Waals surface area contributed by atoms with Crippen molar-refractivity contribution in [1.82, 2.24) is 4.31 Å². The molecule has 1 aromatic carbocycles. The van der Waals surface area contributed by atoms with Gasteiger partial charge in [0.1, 0.15) is 0 Å². The van der Waals surface area contributed by atoms with Gasteiger partial charge in [0.15, 0.2) is 0 Å². The molecule has 0 bridgehead atoms. The Labute approximate surface area is 120 Å². The number of ether oxygens (including phenoxy) is 1. The third-order valence-electron chi connectivity index (χ3n) is 2.87. The second kappa shape index (κ2) is 8.00. The fourth-order valence-electron chi connectivity index (χ4n) is 1.78. The zero-order valence-electron chi connectivity index (χ0n) is 11.9. The Bertz CT molecular complexity index is 547. The smallest absolute Gasteiger partial charge is 0.218 e. The molecule has 1 aromatic rings. The van der Waals surface area contributed by atoms with E-state index >= 15 is 0 Å². The van der Waals surface area contributed by atoms with Crippen LogP contribution in [0, 0.1) is 11.3 Å². The lowest BCUT2D eigenvalue weighted by Crippen LogP contribution is -2.34. The number of nitriles is 1. The predicted octanol–water partition coefficient (Wildman–Crippen LogP) is 1.75. The molecule has 0 saturated carbocycles. The van der Waals surface area contributed by atoms with Crippen LogP contribution in [0.15, 0.2) is 24.3 Å². The first-order chi connectivity index (χ1) is 9.53. The maximum Gasteiger partial charge on any atom is 0.218 e. The molecule has 0 aliphatic heterocycles. The highest BCUT2D eigenvalue weighted by Gasteiger charge is 2.20. The van der Waals surface area contributed by atoms with Gasteiger partial charge in [0.25, 0.3) is 0 Å². The van der Waals surface area contributed by atoms with Crippen molar-refractivity contribution in [3.8, 4) is 6.07 Å². The number of benzene rings is 1. The van der Waals surface area contributed by atoms with Gasteiger partial charge in [0.2, 0.25) is 10.0 Å². The molecule has 0 fully saturated rings. The molecule has 0 aromatic heterocycles. The minimum atomic E-state index is -3.36. The van der Waals surface area contributed by atoms with E-state index in [0.29, 0.717) is 37.4 Å². The lowest BCUT2D eigenvalue weighted by Gasteiger charge is -2.20. The van der Waals surface area contributed by atoms with Gasteiger partial charge in [0, 0.05) is 19.7 Å². The summed E-state index contributed by atoms with van der Waals surface area (Å²) < 4.78 is 31.2. The third-order valence-corrected chi connectivity index (χ3v) is 4.79. The largest absolute Gasteiger partial charge is 0.380 e. The molecule has 0 saturated heterocycles. The molecule has 1 rings (SSSR count). The van der Waals surface area contributed by atoms with Gasteiger partial charge in [-0.3, -0.25) is 0 Å². The van der Waals surface area contributed by atoms with Gasteiger partial charge >= 0.3 is 0 Å². The monoisotopic (exact) mass is 296 g/mol. The SMILES string of the molecule is CCOCCN(CC)S(=O)(=O)Cc1ccc(C#N)cc1. The van der Waals surface area contributed by atoms with E-state index in [-0.39, 0.29) is 5.75 Å². The van der Waals surface area contributed by atoms with Crippen LogP contribution in [0.3, 0.4) is 0 Å². The van der Waals surface area contributed by atoms with Crippen LogP contribution in [-0.4, -0.2) is 39.0 Å². The van der Waals surface area contributed by atoms with Crippen LogP contribution in [-0.2, 0) is 20.5 Å². The maximum atomic E-state index is 12.3. The van der Waals surface area contributed by atoms with Crippen LogP contribution in [0.4, 0.5) is 0 Å². The normalized spacial score (nSPS) is 11.5. The van der Waals surface area contributed by atoms with E-state index in [4.69, 9.17) is 10.00 Å². The summed E-state index contributed by atoms with van der Waals surface area (Å²) in [7, 11) is -3.36. The van der Waals surface area contributed by atoms with Crippen LogP contribution < -0.4 is 0 Å². The molecule has 5 nitrogen and oxygen atoms in total. The van der Waals surface area contributed by atoms with Gasteiger partial charge in [-0.2, -0.15) is 9.57 Å². The second-order valence-corrected chi connectivity index (χ2v) is 6.22. The number of rotatable bonds is 8. The van der Waals surface area contributed by atoms with E-state index in [1.54, 1.807) is 24.3 Å². The Morgan fingerprint density at radius 2 is 1.90 bits per heavy atom. The summed E-state index contributed by atoms with van der Waals surface area (Å²) in [6.45, 7) is 5.45. The van der Waals surface area contributed by atoms with Gasteiger partial charge in [-0.15, -0.1) is 0 Å². The molecule has 6 heteroatoms. The van der Waals surface area contributed by atoms with Gasteiger partial charge in [0.05, 0.1) is 24.0 Å². The number of nitrogens with zero attached hydrogens (tertiary/aromatic N) is 2. The highest BCUT2D eigenvalue weighted by atomic mass is 32.2. The molecule has 0 N–H and O–H groups in total. The predicted molar refractivity (Wildman–Crippen MR) is 77.5 cm³/mol. The van der Waals surface area contributed by atoms with Gasteiger partial charge in [-0.05, 0) is 24.6 Å². The van der Waals surface area contributed by atoms with Crippen LogP contribution in [0.1, 0.15) is 25.0 Å². The van der Waals surface area contributed by atoms with Crippen molar-refractivity contribution in [1.29, 1.82) is 5.26 Å². The lowest BCUT2D eigenvalue weighted by atomic mass is 10.2. The average molecular weight is 296 g/mol. The fourth-order valence-corrected chi connectivity index (χ4v) is 3.32. The Hall–Kier alpha value is -1.42. The molecule has 0 unspecified atom stereocenters. The first-order valence-electron chi connectivity index (χ1n) is 6.58. The Balaban J connectivity index is 2.73. The number of hydrogen-bond donors (Lipinski definition) is 0. The van der Waals surface area contributed by atoms with Gasteiger partial charge in [-0.1, -0.05) is 19.1 Å². The molecule has 0 heterocycles. The topological polar surface area (TPSA) is 70.4 Å². The summed E-state index contributed by atoms with van der Waals surface area (Å²) in [4.78, 5) is 0. The Morgan fingerprint density at radius 1 is 1.25 bits per heavy atom. The van der Waals surface area contributed by atoms with Crippen LogP contribution in [0.2, 0.25) is 0 Å². The first-order valence-corrected chi connectivity index (χ1v) is 8.19. The van der Waals surface area contributed by atoms with Crippen molar-refractivity contribution in [2.75, 3.05) is 26.3 Å². The van der Waals surface area contributed by atoms with Crippen LogP contribution in [0.5, 0.6) is 0 Å². The van der Waals surface area contributed by atoms with Crippen molar-refractivity contribution < 1.29 is 13.2 Å². The number of hydrogen-bond acceptors (Lipinski definition) is 4. The molecule has 0 aliphatic rings. The average Bonchev–Trinajstić information content (AvgIpc) is 2.44. The lowest BCUT2D eigenvalue weighted by molar-refractivity contribution is 0.135. The molecular formula is C14H20N2O3S. The molecule has 20 heavy (non-hydrogen) atoms. The fraction of sp³-hybridized carbons (Fsp3) is 0.500. The van der Waals surface area contributed by atoms with E-state index in [0.717, 1.165) is 0 Å². The molecule has 0 radical (unpaired) electrons. The quantitative estimate of drug-likeness (QED) is 0.685. The third kappa shape index (κ3) is 4.93. The Kier molecular flexibility index (Phi) is 6.65. The number of sulfonamides is 1. The minimum Gasteiger partial charge on any atom is -0.380 e. The number of likely N-dealkylation sites (N-methyl/N-ethyl adjacent to an activating group) is 1. The van der Waals surface area contributed by atoms with Crippen molar-refractivity contribution in [2.45, 2.75) is 19.6 Å². The van der Waals surface area contributed by atoms with Crippen molar-refractivity contribution in [3.63, 3.8) is 0 Å². The van der Waals surface area contributed by atoms with E-state index in [2.05, 4.69) is 0 Å². The van der Waals surface area contributed by atoms with Crippen molar-refractivity contribution in [3.05, 3.63) is 35.4 Å². The van der Waals surface area contributed by atoms with E-state index < -0.39 is 10.0 Å². The summed E-state index contributed by atoms with van der Waals surface area (Å²) in [6.07, 6.45) is 0. The van der Waals surface area contributed by atoms with E-state index in [9.17, 15) is 8.42 Å². The standard InChI is InChI=1S/C14H20N2O3S/c1-3-16(9-10-19-4-2)20(17,18)12-14-7-5-13(11-15)6-8-14/h5-8H,3-4,9-10,12H2,1-2H3.